The number of amides is 1. The number of likely N-dealkylation sites (N-methyl/N-ethyl adjacent to an activating group) is 1. The number of nitrogens with zero attached hydrogens (tertiary/aromatic N) is 3. The van der Waals surface area contributed by atoms with Crippen molar-refractivity contribution in [3.63, 3.8) is 0 Å². The predicted octanol–water partition coefficient (Wildman–Crippen LogP) is 2.53. The fraction of sp³-hybridized carbons (Fsp3) is 0.200. The summed E-state index contributed by atoms with van der Waals surface area (Å²) in [6.45, 7) is 1.16. The molecule has 0 saturated heterocycles. The van der Waals surface area contributed by atoms with Crippen molar-refractivity contribution in [1.82, 2.24) is 4.98 Å². The average Bonchev–Trinajstić information content (AvgIpc) is 3.09. The number of rotatable bonds is 7. The Kier molecular flexibility index (Phi) is 6.30. The second-order valence-electron chi connectivity index (χ2n) is 6.74. The minimum atomic E-state index is -0.472. The number of benzene rings is 2. The Hall–Kier alpha value is -3.17. The number of anilines is 1. The number of hydrogen-bond donors (Lipinski definition) is 1. The second-order valence-corrected chi connectivity index (χ2v) is 7.75. The van der Waals surface area contributed by atoms with Crippen LogP contribution in [-0.2, 0) is 4.79 Å². The highest BCUT2D eigenvalue weighted by molar-refractivity contribution is 7.22. The van der Waals surface area contributed by atoms with E-state index in [4.69, 9.17) is 0 Å². The first kappa shape index (κ1) is 20.6. The monoisotopic (exact) mass is 415 g/mol. The van der Waals surface area contributed by atoms with Gasteiger partial charge in [0.15, 0.2) is 5.13 Å². The molecule has 3 aromatic rings. The molecule has 0 aliphatic carbocycles. The van der Waals surface area contributed by atoms with Crippen molar-refractivity contribution < 1.29 is 19.0 Å². The number of fused-ring (bicyclic) bond motifs is 1. The van der Waals surface area contributed by atoms with E-state index in [-0.39, 0.29) is 17.4 Å². The first-order valence-corrected chi connectivity index (χ1v) is 9.74. The molecular weight excluding hydrogens is 395 g/mol. The molecule has 150 valence electrons. The van der Waals surface area contributed by atoms with E-state index >= 15 is 0 Å². The maximum atomic E-state index is 13.5. The molecule has 1 heterocycles. The number of nitrogens with one attached hydrogen (secondary N) is 1. The normalized spacial score (nSPS) is 11.4. The summed E-state index contributed by atoms with van der Waals surface area (Å²) >= 11 is 1.26. The van der Waals surface area contributed by atoms with Gasteiger partial charge in [-0.1, -0.05) is 11.3 Å². The first-order chi connectivity index (χ1) is 13.8. The number of nitro benzene ring substituents is 1. The van der Waals surface area contributed by atoms with E-state index in [1.807, 2.05) is 14.1 Å². The van der Waals surface area contributed by atoms with Gasteiger partial charge in [-0.3, -0.25) is 19.8 Å². The number of thiazole rings is 1. The third kappa shape index (κ3) is 5.21. The summed E-state index contributed by atoms with van der Waals surface area (Å²) < 4.78 is 14.2. The molecule has 29 heavy (non-hydrogen) atoms. The van der Waals surface area contributed by atoms with Crippen LogP contribution in [0.4, 0.5) is 15.2 Å². The van der Waals surface area contributed by atoms with Gasteiger partial charge in [0.05, 0.1) is 42.3 Å². The molecule has 2 aromatic carbocycles. The minimum Gasteiger partial charge on any atom is -0.338 e. The van der Waals surface area contributed by atoms with Gasteiger partial charge in [0.25, 0.3) is 11.6 Å². The van der Waals surface area contributed by atoms with Crippen LogP contribution < -0.4 is 9.80 Å². The van der Waals surface area contributed by atoms with Crippen molar-refractivity contribution in [3.05, 3.63) is 70.0 Å². The highest BCUT2D eigenvalue weighted by Crippen LogP contribution is 2.29. The van der Waals surface area contributed by atoms with Crippen LogP contribution in [0.5, 0.6) is 0 Å². The predicted molar refractivity (Wildman–Crippen MR) is 112 cm³/mol. The number of carbonyl (C=O) groups excluding carboxylic acids is 1. The Labute approximate surface area is 170 Å². The highest BCUT2D eigenvalue weighted by Gasteiger charge is 2.19. The standard InChI is InChI=1S/C20H19FN4O3S/c1-23(2)11-12-24(20-22-17-9-6-15(21)13-18(17)29-20)19(26)10-5-14-3-7-16(8-4-14)25(27)28/h3-10,13H,11-12H2,1-2H3/p+1/b10-5-. The molecule has 0 radical (unpaired) electrons. The number of non-ortho nitro benzene ring substituents is 1. The first-order valence-electron chi connectivity index (χ1n) is 8.92. The lowest BCUT2D eigenvalue weighted by Gasteiger charge is -2.19. The summed E-state index contributed by atoms with van der Waals surface area (Å²) in [5.41, 5.74) is 1.31. The summed E-state index contributed by atoms with van der Waals surface area (Å²) in [6, 6.07) is 10.3. The Morgan fingerprint density at radius 3 is 2.66 bits per heavy atom. The molecule has 0 spiro atoms. The Morgan fingerprint density at radius 2 is 2.00 bits per heavy atom. The van der Waals surface area contributed by atoms with Crippen LogP contribution in [0.2, 0.25) is 0 Å². The van der Waals surface area contributed by atoms with E-state index in [0.29, 0.717) is 34.0 Å². The van der Waals surface area contributed by atoms with Crippen LogP contribution in [0.1, 0.15) is 5.56 Å². The number of aromatic nitrogens is 1. The van der Waals surface area contributed by atoms with E-state index in [1.54, 1.807) is 29.2 Å². The maximum Gasteiger partial charge on any atom is 0.269 e. The van der Waals surface area contributed by atoms with Crippen LogP contribution in [0.15, 0.2) is 48.5 Å². The Morgan fingerprint density at radius 1 is 1.28 bits per heavy atom. The van der Waals surface area contributed by atoms with Crippen molar-refractivity contribution in [2.45, 2.75) is 0 Å². The SMILES string of the molecule is C[NH+](C)CCN(C(=O)/C=C\c1ccc([N+](=O)[O-])cc1)c1nc2ccc(F)cc2s1. The molecule has 1 N–H and O–H groups in total. The molecule has 0 fully saturated rings. The highest BCUT2D eigenvalue weighted by atomic mass is 32.1. The van der Waals surface area contributed by atoms with Gasteiger partial charge in [-0.25, -0.2) is 9.37 Å². The molecule has 9 heteroatoms. The van der Waals surface area contributed by atoms with Gasteiger partial charge < -0.3 is 4.90 Å². The topological polar surface area (TPSA) is 80.8 Å². The summed E-state index contributed by atoms with van der Waals surface area (Å²) in [5, 5.41) is 11.2. The smallest absolute Gasteiger partial charge is 0.269 e. The zero-order valence-electron chi connectivity index (χ0n) is 16.0. The third-order valence-electron chi connectivity index (χ3n) is 4.19. The van der Waals surface area contributed by atoms with Crippen LogP contribution in [-0.4, -0.2) is 43.0 Å². The number of carbonyl (C=O) groups is 1. The zero-order valence-corrected chi connectivity index (χ0v) is 16.8. The molecule has 0 unspecified atom stereocenters. The summed E-state index contributed by atoms with van der Waals surface area (Å²) in [6.07, 6.45) is 3.02. The van der Waals surface area contributed by atoms with Crippen LogP contribution >= 0.6 is 11.3 Å². The van der Waals surface area contributed by atoms with Gasteiger partial charge in [-0.05, 0) is 42.0 Å². The van der Waals surface area contributed by atoms with Crippen LogP contribution in [0.25, 0.3) is 16.3 Å². The molecule has 7 nitrogen and oxygen atoms in total. The van der Waals surface area contributed by atoms with E-state index in [2.05, 4.69) is 4.98 Å². The van der Waals surface area contributed by atoms with Crippen molar-refractivity contribution in [2.75, 3.05) is 32.1 Å². The average molecular weight is 415 g/mol. The largest absolute Gasteiger partial charge is 0.338 e. The molecule has 0 aliphatic heterocycles. The summed E-state index contributed by atoms with van der Waals surface area (Å²) in [4.78, 5) is 30.4. The lowest BCUT2D eigenvalue weighted by atomic mass is 10.2. The lowest BCUT2D eigenvalue weighted by molar-refractivity contribution is -0.856. The van der Waals surface area contributed by atoms with Gasteiger partial charge in [0.1, 0.15) is 5.82 Å². The van der Waals surface area contributed by atoms with E-state index in [9.17, 15) is 19.3 Å². The fourth-order valence-corrected chi connectivity index (χ4v) is 3.62. The van der Waals surface area contributed by atoms with E-state index < -0.39 is 4.92 Å². The number of nitro groups is 1. The third-order valence-corrected chi connectivity index (χ3v) is 5.23. The zero-order chi connectivity index (χ0) is 21.0. The molecule has 0 bridgehead atoms. The number of hydrogen-bond acceptors (Lipinski definition) is 5. The summed E-state index contributed by atoms with van der Waals surface area (Å²) in [7, 11) is 3.98. The molecule has 1 aromatic heterocycles. The van der Waals surface area contributed by atoms with Crippen LogP contribution in [0, 0.1) is 15.9 Å². The molecular formula is C20H20FN4O3S+. The number of halogens is 1. The van der Waals surface area contributed by atoms with Gasteiger partial charge in [0.2, 0.25) is 0 Å². The van der Waals surface area contributed by atoms with E-state index in [1.165, 1.54) is 46.6 Å². The lowest BCUT2D eigenvalue weighted by Crippen LogP contribution is -3.06. The Bertz CT molecular complexity index is 1060. The fourth-order valence-electron chi connectivity index (χ4n) is 2.60. The minimum absolute atomic E-state index is 0.00855. The maximum absolute atomic E-state index is 13.5. The Balaban J connectivity index is 1.84. The molecule has 1 amide bonds. The van der Waals surface area contributed by atoms with Crippen molar-refractivity contribution >= 4 is 44.4 Å². The van der Waals surface area contributed by atoms with Gasteiger partial charge in [-0.2, -0.15) is 0 Å². The van der Waals surface area contributed by atoms with Crippen LogP contribution in [0.3, 0.4) is 0 Å². The van der Waals surface area contributed by atoms with Crippen molar-refractivity contribution in [1.29, 1.82) is 0 Å². The van der Waals surface area contributed by atoms with E-state index in [0.717, 1.165) is 0 Å². The van der Waals surface area contributed by atoms with Crippen molar-refractivity contribution in [2.24, 2.45) is 0 Å². The second kappa shape index (κ2) is 8.89. The molecule has 0 atom stereocenters. The molecule has 0 saturated carbocycles. The number of quaternary nitrogens is 1. The van der Waals surface area contributed by atoms with Gasteiger partial charge in [0, 0.05) is 18.2 Å². The van der Waals surface area contributed by atoms with Gasteiger partial charge in [-0.15, -0.1) is 0 Å². The summed E-state index contributed by atoms with van der Waals surface area (Å²) in [5.74, 6) is -0.606. The van der Waals surface area contributed by atoms with Crippen molar-refractivity contribution in [3.8, 4) is 0 Å². The quantitative estimate of drug-likeness (QED) is 0.365. The molecule has 0 aliphatic rings. The molecule has 3 rings (SSSR count). The van der Waals surface area contributed by atoms with Gasteiger partial charge >= 0.3 is 0 Å².